The van der Waals surface area contributed by atoms with Crippen LogP contribution in [0.4, 0.5) is 0 Å². The van der Waals surface area contributed by atoms with E-state index in [1.54, 1.807) is 13.3 Å². The van der Waals surface area contributed by atoms with E-state index in [1.165, 1.54) is 11.3 Å². The number of rotatable bonds is 7. The molecule has 172 valence electrons. The zero-order chi connectivity index (χ0) is 23.7. The fourth-order valence-corrected chi connectivity index (χ4v) is 5.20. The second kappa shape index (κ2) is 9.15. The van der Waals surface area contributed by atoms with Gasteiger partial charge >= 0.3 is 0 Å². The molecule has 3 aromatic heterocycles. The lowest BCUT2D eigenvalue weighted by molar-refractivity contribution is 0.0945. The van der Waals surface area contributed by atoms with Gasteiger partial charge in [-0.05, 0) is 24.6 Å². The summed E-state index contributed by atoms with van der Waals surface area (Å²) in [4.78, 5) is 19.6. The Hall–Kier alpha value is -3.91. The van der Waals surface area contributed by atoms with Crippen LogP contribution < -0.4 is 10.1 Å². The SMILES string of the molecule is COc1ccccc1C(NC(=O)c1cc2c(C)nn(Cc3ccccc3)c2s1)c1nccn1C. The molecule has 8 heteroatoms. The van der Waals surface area contributed by atoms with Gasteiger partial charge < -0.3 is 14.6 Å². The fourth-order valence-electron chi connectivity index (χ4n) is 4.13. The van der Waals surface area contributed by atoms with Crippen molar-refractivity contribution in [3.8, 4) is 5.75 Å². The Bertz CT molecular complexity index is 1450. The van der Waals surface area contributed by atoms with Gasteiger partial charge in [0.1, 0.15) is 22.4 Å². The highest BCUT2D eigenvalue weighted by Gasteiger charge is 2.26. The van der Waals surface area contributed by atoms with Crippen LogP contribution in [0.15, 0.2) is 73.1 Å². The number of methoxy groups -OCH3 is 1. The Morgan fingerprint density at radius 3 is 2.65 bits per heavy atom. The Labute approximate surface area is 201 Å². The first-order valence-corrected chi connectivity index (χ1v) is 11.8. The summed E-state index contributed by atoms with van der Waals surface area (Å²) in [5, 5.41) is 8.88. The number of benzene rings is 2. The third kappa shape index (κ3) is 4.08. The molecule has 0 bridgehead atoms. The van der Waals surface area contributed by atoms with Gasteiger partial charge in [0.2, 0.25) is 0 Å². The van der Waals surface area contributed by atoms with E-state index in [9.17, 15) is 4.79 Å². The van der Waals surface area contributed by atoms with Crippen molar-refractivity contribution in [2.75, 3.05) is 7.11 Å². The number of fused-ring (bicyclic) bond motifs is 1. The number of imidazole rings is 1. The third-order valence-corrected chi connectivity index (χ3v) is 7.00. The number of hydrogen-bond acceptors (Lipinski definition) is 5. The highest BCUT2D eigenvalue weighted by Crippen LogP contribution is 2.32. The molecule has 5 aromatic rings. The number of hydrogen-bond donors (Lipinski definition) is 1. The first-order valence-electron chi connectivity index (χ1n) is 11.0. The van der Waals surface area contributed by atoms with Gasteiger partial charge in [0.15, 0.2) is 0 Å². The molecule has 1 unspecified atom stereocenters. The number of aryl methyl sites for hydroxylation is 2. The van der Waals surface area contributed by atoms with Crippen molar-refractivity contribution in [2.45, 2.75) is 19.5 Å². The molecule has 5 rings (SSSR count). The molecule has 1 amide bonds. The van der Waals surface area contributed by atoms with Crippen LogP contribution in [0.1, 0.15) is 38.4 Å². The maximum absolute atomic E-state index is 13.5. The summed E-state index contributed by atoms with van der Waals surface area (Å²) >= 11 is 1.45. The normalized spacial score (nSPS) is 12.1. The monoisotopic (exact) mass is 471 g/mol. The second-order valence-corrected chi connectivity index (χ2v) is 9.13. The highest BCUT2D eigenvalue weighted by molar-refractivity contribution is 7.20. The molecule has 0 spiro atoms. The molecule has 1 N–H and O–H groups in total. The topological polar surface area (TPSA) is 74.0 Å². The summed E-state index contributed by atoms with van der Waals surface area (Å²) in [6.45, 7) is 2.63. The van der Waals surface area contributed by atoms with Crippen molar-refractivity contribution in [2.24, 2.45) is 7.05 Å². The van der Waals surface area contributed by atoms with Crippen LogP contribution in [0.5, 0.6) is 5.75 Å². The Balaban J connectivity index is 1.49. The molecule has 0 saturated carbocycles. The van der Waals surface area contributed by atoms with Crippen LogP contribution >= 0.6 is 11.3 Å². The van der Waals surface area contributed by atoms with E-state index in [2.05, 4.69) is 22.4 Å². The van der Waals surface area contributed by atoms with E-state index in [4.69, 9.17) is 9.84 Å². The minimum Gasteiger partial charge on any atom is -0.496 e. The van der Waals surface area contributed by atoms with Gasteiger partial charge in [0, 0.05) is 30.4 Å². The van der Waals surface area contributed by atoms with Crippen molar-refractivity contribution in [3.05, 3.63) is 101 Å². The number of carbonyl (C=O) groups is 1. The summed E-state index contributed by atoms with van der Waals surface area (Å²) in [5.74, 6) is 1.26. The van der Waals surface area contributed by atoms with Crippen LogP contribution in [0.3, 0.4) is 0 Å². The van der Waals surface area contributed by atoms with Crippen molar-refractivity contribution < 1.29 is 9.53 Å². The molecule has 3 heterocycles. The molecular weight excluding hydrogens is 446 g/mol. The van der Waals surface area contributed by atoms with E-state index in [0.717, 1.165) is 32.9 Å². The lowest BCUT2D eigenvalue weighted by Crippen LogP contribution is -2.31. The lowest BCUT2D eigenvalue weighted by Gasteiger charge is -2.21. The zero-order valence-corrected chi connectivity index (χ0v) is 20.0. The summed E-state index contributed by atoms with van der Waals surface area (Å²) in [6, 6.07) is 19.3. The Kier molecular flexibility index (Phi) is 5.90. The van der Waals surface area contributed by atoms with Crippen molar-refractivity contribution in [3.63, 3.8) is 0 Å². The van der Waals surface area contributed by atoms with Gasteiger partial charge in [-0.1, -0.05) is 48.5 Å². The van der Waals surface area contributed by atoms with Gasteiger partial charge in [-0.15, -0.1) is 11.3 Å². The quantitative estimate of drug-likeness (QED) is 0.373. The summed E-state index contributed by atoms with van der Waals surface area (Å²) in [5.41, 5.74) is 2.92. The van der Waals surface area contributed by atoms with E-state index in [-0.39, 0.29) is 5.91 Å². The molecule has 0 fully saturated rings. The minimum atomic E-state index is -0.462. The van der Waals surface area contributed by atoms with Gasteiger partial charge in [-0.25, -0.2) is 4.98 Å². The highest BCUT2D eigenvalue weighted by atomic mass is 32.1. The Morgan fingerprint density at radius 2 is 1.91 bits per heavy atom. The maximum atomic E-state index is 13.5. The van der Waals surface area contributed by atoms with Crippen LogP contribution in [0.2, 0.25) is 0 Å². The molecule has 0 aliphatic heterocycles. The molecule has 34 heavy (non-hydrogen) atoms. The predicted molar refractivity (Wildman–Crippen MR) is 133 cm³/mol. The smallest absolute Gasteiger partial charge is 0.262 e. The van der Waals surface area contributed by atoms with Crippen molar-refractivity contribution in [1.29, 1.82) is 0 Å². The molecule has 1 atom stereocenters. The molecule has 0 saturated heterocycles. The van der Waals surface area contributed by atoms with Crippen LogP contribution in [0, 0.1) is 6.92 Å². The zero-order valence-electron chi connectivity index (χ0n) is 19.2. The number of carbonyl (C=O) groups excluding carboxylic acids is 1. The maximum Gasteiger partial charge on any atom is 0.262 e. The summed E-state index contributed by atoms with van der Waals surface area (Å²) in [6.07, 6.45) is 3.59. The molecule has 0 aliphatic carbocycles. The van der Waals surface area contributed by atoms with Crippen LogP contribution in [0.25, 0.3) is 10.2 Å². The first-order chi connectivity index (χ1) is 16.5. The van der Waals surface area contributed by atoms with Gasteiger partial charge in [0.05, 0.1) is 24.2 Å². The predicted octanol–water partition coefficient (Wildman–Crippen LogP) is 4.72. The number of nitrogens with zero attached hydrogens (tertiary/aromatic N) is 4. The van der Waals surface area contributed by atoms with Crippen molar-refractivity contribution in [1.82, 2.24) is 24.6 Å². The minimum absolute atomic E-state index is 0.161. The molecule has 0 aliphatic rings. The second-order valence-electron chi connectivity index (χ2n) is 8.10. The first kappa shape index (κ1) is 21.9. The number of nitrogens with one attached hydrogen (secondary N) is 1. The number of aromatic nitrogens is 4. The van der Waals surface area contributed by atoms with Gasteiger partial charge in [-0.3, -0.25) is 9.48 Å². The molecule has 2 aromatic carbocycles. The summed E-state index contributed by atoms with van der Waals surface area (Å²) in [7, 11) is 3.54. The van der Waals surface area contributed by atoms with E-state index >= 15 is 0 Å². The number of amides is 1. The van der Waals surface area contributed by atoms with Crippen LogP contribution in [-0.2, 0) is 13.6 Å². The number of para-hydroxylation sites is 1. The summed E-state index contributed by atoms with van der Waals surface area (Å²) < 4.78 is 9.45. The standard InChI is InChI=1S/C26H25N5O2S/c1-17-20-15-22(34-26(20)31(29-17)16-18-9-5-4-6-10-18)25(32)28-23(24-27-13-14-30(24)2)19-11-7-8-12-21(19)33-3/h4-15,23H,16H2,1-3H3,(H,28,32). The van der Waals surface area contributed by atoms with E-state index in [1.807, 2.05) is 77.9 Å². The largest absolute Gasteiger partial charge is 0.496 e. The fraction of sp³-hybridized carbons (Fsp3) is 0.192. The average Bonchev–Trinajstić information content (AvgIpc) is 3.55. The van der Waals surface area contributed by atoms with Gasteiger partial charge in [-0.2, -0.15) is 5.10 Å². The van der Waals surface area contributed by atoms with Gasteiger partial charge in [0.25, 0.3) is 5.91 Å². The van der Waals surface area contributed by atoms with Crippen molar-refractivity contribution >= 4 is 27.5 Å². The van der Waals surface area contributed by atoms with E-state index in [0.29, 0.717) is 17.2 Å². The molecule has 0 radical (unpaired) electrons. The lowest BCUT2D eigenvalue weighted by atomic mass is 10.0. The molecular formula is C26H25N5O2S. The number of ether oxygens (including phenoxy) is 1. The van der Waals surface area contributed by atoms with E-state index < -0.39 is 6.04 Å². The average molecular weight is 472 g/mol. The number of thiophene rings is 1. The Morgan fingerprint density at radius 1 is 1.15 bits per heavy atom. The van der Waals surface area contributed by atoms with Crippen LogP contribution in [-0.4, -0.2) is 32.3 Å². The molecule has 7 nitrogen and oxygen atoms in total. The third-order valence-electron chi connectivity index (χ3n) is 5.85.